The number of carbonyl (C=O) groups is 1. The highest BCUT2D eigenvalue weighted by Crippen LogP contribution is 2.17. The van der Waals surface area contributed by atoms with E-state index in [-0.39, 0.29) is 5.91 Å². The van der Waals surface area contributed by atoms with Crippen LogP contribution in [0.1, 0.15) is 15.5 Å². The van der Waals surface area contributed by atoms with E-state index in [2.05, 4.69) is 4.98 Å². The van der Waals surface area contributed by atoms with Gasteiger partial charge in [-0.15, -0.1) is 11.3 Å². The molecule has 5 nitrogen and oxygen atoms in total. The lowest BCUT2D eigenvalue weighted by molar-refractivity contribution is 0.0768. The van der Waals surface area contributed by atoms with Crippen LogP contribution < -0.4 is 10.5 Å². The van der Waals surface area contributed by atoms with Crippen molar-refractivity contribution in [3.05, 3.63) is 45.4 Å². The Morgan fingerprint density at radius 2 is 2.32 bits per heavy atom. The third-order valence-corrected chi connectivity index (χ3v) is 4.11. The fourth-order valence-electron chi connectivity index (χ4n) is 1.80. The van der Waals surface area contributed by atoms with Gasteiger partial charge in [-0.3, -0.25) is 4.79 Å². The maximum atomic E-state index is 12.2. The summed E-state index contributed by atoms with van der Waals surface area (Å²) >= 11 is 7.34. The number of hydrogen-bond acceptors (Lipinski definition) is 5. The van der Waals surface area contributed by atoms with Crippen molar-refractivity contribution in [3.63, 3.8) is 0 Å². The Morgan fingerprint density at radius 1 is 1.50 bits per heavy atom. The van der Waals surface area contributed by atoms with Crippen molar-refractivity contribution in [2.75, 3.05) is 26.7 Å². The van der Waals surface area contributed by atoms with Gasteiger partial charge in [0, 0.05) is 23.9 Å². The molecule has 0 fully saturated rings. The first-order chi connectivity index (χ1) is 10.6. The highest BCUT2D eigenvalue weighted by molar-refractivity contribution is 7.09. The van der Waals surface area contributed by atoms with Crippen LogP contribution in [-0.2, 0) is 6.42 Å². The number of benzene rings is 1. The van der Waals surface area contributed by atoms with Crippen molar-refractivity contribution in [2.45, 2.75) is 6.42 Å². The van der Waals surface area contributed by atoms with Gasteiger partial charge in [0.15, 0.2) is 0 Å². The van der Waals surface area contributed by atoms with Gasteiger partial charge in [0.2, 0.25) is 0 Å². The van der Waals surface area contributed by atoms with Gasteiger partial charge in [-0.1, -0.05) is 17.7 Å². The topological polar surface area (TPSA) is 68.5 Å². The Morgan fingerprint density at radius 3 is 3.05 bits per heavy atom. The van der Waals surface area contributed by atoms with Gasteiger partial charge in [0.05, 0.1) is 11.6 Å². The van der Waals surface area contributed by atoms with Crippen molar-refractivity contribution in [2.24, 2.45) is 5.73 Å². The molecule has 7 heteroatoms. The summed E-state index contributed by atoms with van der Waals surface area (Å²) in [5.41, 5.74) is 5.94. The predicted octanol–water partition coefficient (Wildman–Crippen LogP) is 2.45. The van der Waals surface area contributed by atoms with Crippen LogP contribution in [0.15, 0.2) is 29.6 Å². The molecule has 2 aromatic rings. The molecule has 0 aliphatic heterocycles. The van der Waals surface area contributed by atoms with Crippen LogP contribution in [0, 0.1) is 0 Å². The number of amides is 1. The second-order valence-corrected chi connectivity index (χ2v) is 6.08. The minimum Gasteiger partial charge on any atom is -0.492 e. The molecule has 2 rings (SSSR count). The SMILES string of the molecule is CN(CCOc1cccc(Cl)c1)C(=O)c1csc(CCN)n1. The first kappa shape index (κ1) is 16.7. The summed E-state index contributed by atoms with van der Waals surface area (Å²) in [7, 11) is 1.73. The standard InChI is InChI=1S/C15H18ClN3O2S/c1-19(7-8-21-12-4-2-3-11(16)9-12)15(20)13-10-22-14(18-13)5-6-17/h2-4,9-10H,5-8,17H2,1H3. The minimum atomic E-state index is -0.116. The Kier molecular flexibility index (Phi) is 6.18. The van der Waals surface area contributed by atoms with E-state index in [0.717, 1.165) is 5.01 Å². The van der Waals surface area contributed by atoms with Crippen molar-refractivity contribution in [3.8, 4) is 5.75 Å². The molecule has 0 unspecified atom stereocenters. The van der Waals surface area contributed by atoms with Gasteiger partial charge in [-0.25, -0.2) is 4.98 Å². The van der Waals surface area contributed by atoms with Gasteiger partial charge in [0.25, 0.3) is 5.91 Å². The number of likely N-dealkylation sites (N-methyl/N-ethyl adjacent to an activating group) is 1. The number of nitrogens with zero attached hydrogens (tertiary/aromatic N) is 2. The highest BCUT2D eigenvalue weighted by Gasteiger charge is 2.15. The summed E-state index contributed by atoms with van der Waals surface area (Å²) in [6, 6.07) is 7.17. The molecular formula is C15H18ClN3O2S. The molecule has 0 spiro atoms. The molecule has 0 bridgehead atoms. The maximum Gasteiger partial charge on any atom is 0.273 e. The Labute approximate surface area is 138 Å². The van der Waals surface area contributed by atoms with E-state index in [4.69, 9.17) is 22.1 Å². The molecule has 0 saturated carbocycles. The molecule has 2 N–H and O–H groups in total. The molecule has 0 aliphatic carbocycles. The lowest BCUT2D eigenvalue weighted by Gasteiger charge is -2.16. The van der Waals surface area contributed by atoms with Gasteiger partial charge in [-0.05, 0) is 24.7 Å². The van der Waals surface area contributed by atoms with Gasteiger partial charge in [-0.2, -0.15) is 0 Å². The number of rotatable bonds is 7. The summed E-state index contributed by atoms with van der Waals surface area (Å²) in [6.07, 6.45) is 0.694. The number of halogens is 1. The normalized spacial score (nSPS) is 10.5. The highest BCUT2D eigenvalue weighted by atomic mass is 35.5. The fourth-order valence-corrected chi connectivity index (χ4v) is 2.77. The molecule has 0 saturated heterocycles. The second-order valence-electron chi connectivity index (χ2n) is 4.70. The first-order valence-corrected chi connectivity index (χ1v) is 8.14. The van der Waals surface area contributed by atoms with Crippen LogP contribution in [0.5, 0.6) is 5.75 Å². The van der Waals surface area contributed by atoms with E-state index in [0.29, 0.717) is 42.6 Å². The molecule has 0 atom stereocenters. The fraction of sp³-hybridized carbons (Fsp3) is 0.333. The van der Waals surface area contributed by atoms with E-state index in [1.165, 1.54) is 11.3 Å². The maximum absolute atomic E-state index is 12.2. The average Bonchev–Trinajstić information content (AvgIpc) is 2.95. The molecular weight excluding hydrogens is 322 g/mol. The minimum absolute atomic E-state index is 0.116. The largest absolute Gasteiger partial charge is 0.492 e. The molecule has 0 aliphatic rings. The quantitative estimate of drug-likeness (QED) is 0.841. The first-order valence-electron chi connectivity index (χ1n) is 6.88. The van der Waals surface area contributed by atoms with Gasteiger partial charge >= 0.3 is 0 Å². The van der Waals surface area contributed by atoms with Crippen molar-refractivity contribution < 1.29 is 9.53 Å². The van der Waals surface area contributed by atoms with Crippen molar-refractivity contribution in [1.29, 1.82) is 0 Å². The van der Waals surface area contributed by atoms with Crippen LogP contribution >= 0.6 is 22.9 Å². The third-order valence-electron chi connectivity index (χ3n) is 2.97. The van der Waals surface area contributed by atoms with E-state index < -0.39 is 0 Å². The van der Waals surface area contributed by atoms with Gasteiger partial charge in [0.1, 0.15) is 18.1 Å². The molecule has 22 heavy (non-hydrogen) atoms. The molecule has 1 aromatic carbocycles. The van der Waals surface area contributed by atoms with E-state index in [9.17, 15) is 4.79 Å². The van der Waals surface area contributed by atoms with Crippen LogP contribution in [0.2, 0.25) is 5.02 Å². The van der Waals surface area contributed by atoms with Crippen LogP contribution in [0.3, 0.4) is 0 Å². The average molecular weight is 340 g/mol. The Hall–Kier alpha value is -1.63. The molecule has 1 aromatic heterocycles. The van der Waals surface area contributed by atoms with Crippen LogP contribution in [0.25, 0.3) is 0 Å². The predicted molar refractivity (Wildman–Crippen MR) is 88.8 cm³/mol. The van der Waals surface area contributed by atoms with Crippen molar-refractivity contribution in [1.82, 2.24) is 9.88 Å². The molecule has 1 heterocycles. The van der Waals surface area contributed by atoms with E-state index in [1.807, 2.05) is 12.1 Å². The zero-order valence-corrected chi connectivity index (χ0v) is 13.9. The molecule has 0 radical (unpaired) electrons. The van der Waals surface area contributed by atoms with Crippen LogP contribution in [-0.4, -0.2) is 42.5 Å². The second kappa shape index (κ2) is 8.12. The third kappa shape index (κ3) is 4.69. The number of aromatic nitrogens is 1. The summed E-state index contributed by atoms with van der Waals surface area (Å²) in [4.78, 5) is 18.1. The number of thiazole rings is 1. The monoisotopic (exact) mass is 339 g/mol. The smallest absolute Gasteiger partial charge is 0.273 e. The number of carbonyl (C=O) groups excluding carboxylic acids is 1. The molecule has 118 valence electrons. The Bertz CT molecular complexity index is 633. The summed E-state index contributed by atoms with van der Waals surface area (Å²) < 4.78 is 5.57. The number of ether oxygens (including phenoxy) is 1. The zero-order chi connectivity index (χ0) is 15.9. The number of nitrogens with two attached hydrogens (primary N) is 1. The summed E-state index contributed by atoms with van der Waals surface area (Å²) in [5.74, 6) is 0.571. The summed E-state index contributed by atoms with van der Waals surface area (Å²) in [6.45, 7) is 1.39. The van der Waals surface area contributed by atoms with Crippen LogP contribution in [0.4, 0.5) is 0 Å². The van der Waals surface area contributed by atoms with Gasteiger partial charge < -0.3 is 15.4 Å². The number of hydrogen-bond donors (Lipinski definition) is 1. The zero-order valence-electron chi connectivity index (χ0n) is 12.3. The lowest BCUT2D eigenvalue weighted by Crippen LogP contribution is -2.31. The lowest BCUT2D eigenvalue weighted by atomic mass is 10.3. The summed E-state index contributed by atoms with van der Waals surface area (Å²) in [5, 5.41) is 3.27. The van der Waals surface area contributed by atoms with E-state index >= 15 is 0 Å². The molecule has 1 amide bonds. The van der Waals surface area contributed by atoms with E-state index in [1.54, 1.807) is 29.5 Å². The van der Waals surface area contributed by atoms with Crippen molar-refractivity contribution >= 4 is 28.8 Å². The Balaban J connectivity index is 1.83.